The van der Waals surface area contributed by atoms with Gasteiger partial charge in [0.2, 0.25) is 0 Å². The Morgan fingerprint density at radius 1 is 0.840 bits per heavy atom. The number of phenolic OH excluding ortho intramolecular Hbond substituents is 2. The monoisotopic (exact) mass is 352 g/mol. The summed E-state index contributed by atoms with van der Waals surface area (Å²) in [5, 5.41) is 20.2. The quantitative estimate of drug-likeness (QED) is 0.540. The molecule has 4 nitrogen and oxygen atoms in total. The first-order valence-corrected chi connectivity index (χ1v) is 8.01. The summed E-state index contributed by atoms with van der Waals surface area (Å²) in [6, 6.07) is 18.0. The van der Waals surface area contributed by atoms with Crippen LogP contribution in [0.3, 0.4) is 0 Å². The molecule has 3 aromatic carbocycles. The van der Waals surface area contributed by atoms with Crippen LogP contribution in [-0.2, 0) is 10.2 Å². The third-order valence-electron chi connectivity index (χ3n) is 4.43. The second kappa shape index (κ2) is 5.53. The molecule has 0 spiro atoms. The van der Waals surface area contributed by atoms with Crippen molar-refractivity contribution in [2.45, 2.75) is 5.41 Å². The molecule has 1 atom stereocenters. The molecular weight excluding hydrogens is 340 g/mol. The minimum Gasteiger partial charge on any atom is -0.508 e. The Morgan fingerprint density at radius 2 is 1.56 bits per heavy atom. The van der Waals surface area contributed by atoms with Gasteiger partial charge in [0.25, 0.3) is 0 Å². The van der Waals surface area contributed by atoms with E-state index in [9.17, 15) is 15.0 Å². The van der Waals surface area contributed by atoms with Crippen molar-refractivity contribution < 1.29 is 19.7 Å². The molecule has 124 valence electrons. The zero-order valence-electron chi connectivity index (χ0n) is 12.9. The highest BCUT2D eigenvalue weighted by atomic mass is 35.5. The van der Waals surface area contributed by atoms with Gasteiger partial charge in [-0.25, -0.2) is 4.79 Å². The number of fused-ring (bicyclic) bond motifs is 1. The van der Waals surface area contributed by atoms with Crippen LogP contribution >= 0.6 is 11.6 Å². The minimum atomic E-state index is -1.24. The standard InChI is InChI=1S/C20H13ClO4/c21-14-6-4-12(5-7-14)20(13-2-1-3-15(22)10-13)17-9-8-16(23)11-18(17)25-19(20)24/h1-11,22-23H. The number of halogens is 1. The highest BCUT2D eigenvalue weighted by molar-refractivity contribution is 6.30. The van der Waals surface area contributed by atoms with Crippen LogP contribution in [-0.4, -0.2) is 16.2 Å². The lowest BCUT2D eigenvalue weighted by molar-refractivity contribution is -0.135. The van der Waals surface area contributed by atoms with Crippen molar-refractivity contribution in [3.05, 3.63) is 88.4 Å². The molecule has 1 aliphatic rings. The van der Waals surface area contributed by atoms with Crippen molar-refractivity contribution in [1.29, 1.82) is 0 Å². The molecule has 4 rings (SSSR count). The van der Waals surface area contributed by atoms with Crippen LogP contribution < -0.4 is 4.74 Å². The summed E-state index contributed by atoms with van der Waals surface area (Å²) in [5.41, 5.74) is 0.594. The number of rotatable bonds is 2. The van der Waals surface area contributed by atoms with Crippen LogP contribution in [0.15, 0.2) is 66.7 Å². The lowest BCUT2D eigenvalue weighted by Gasteiger charge is -2.27. The normalized spacial score (nSPS) is 18.7. The van der Waals surface area contributed by atoms with Crippen LogP contribution in [0.4, 0.5) is 0 Å². The van der Waals surface area contributed by atoms with Gasteiger partial charge in [0.05, 0.1) is 0 Å². The average Bonchev–Trinajstić information content (AvgIpc) is 2.87. The number of phenols is 2. The van der Waals surface area contributed by atoms with E-state index in [1.54, 1.807) is 42.5 Å². The number of ether oxygens (including phenoxy) is 1. The topological polar surface area (TPSA) is 66.8 Å². The van der Waals surface area contributed by atoms with E-state index in [0.29, 0.717) is 27.5 Å². The van der Waals surface area contributed by atoms with Gasteiger partial charge in [-0.1, -0.05) is 35.9 Å². The molecule has 0 aliphatic carbocycles. The summed E-state index contributed by atoms with van der Waals surface area (Å²) in [6.07, 6.45) is 0. The van der Waals surface area contributed by atoms with Gasteiger partial charge < -0.3 is 14.9 Å². The first-order chi connectivity index (χ1) is 12.0. The maximum atomic E-state index is 13.0. The molecule has 0 fully saturated rings. The summed E-state index contributed by atoms with van der Waals surface area (Å²) < 4.78 is 5.47. The van der Waals surface area contributed by atoms with Gasteiger partial charge in [0.1, 0.15) is 22.7 Å². The SMILES string of the molecule is O=C1Oc2cc(O)ccc2C1(c1ccc(Cl)cc1)c1cccc(O)c1. The van der Waals surface area contributed by atoms with E-state index in [1.165, 1.54) is 24.3 Å². The highest BCUT2D eigenvalue weighted by Gasteiger charge is 2.52. The van der Waals surface area contributed by atoms with Crippen molar-refractivity contribution in [2.24, 2.45) is 0 Å². The van der Waals surface area contributed by atoms with Gasteiger partial charge in [-0.05, 0) is 47.5 Å². The second-order valence-corrected chi connectivity index (χ2v) is 6.31. The van der Waals surface area contributed by atoms with Crippen LogP contribution in [0.2, 0.25) is 5.02 Å². The number of esters is 1. The largest absolute Gasteiger partial charge is 0.508 e. The molecule has 1 unspecified atom stereocenters. The number of hydrogen-bond acceptors (Lipinski definition) is 4. The van der Waals surface area contributed by atoms with E-state index in [1.807, 2.05) is 0 Å². The molecular formula is C20H13ClO4. The zero-order chi connectivity index (χ0) is 17.6. The molecule has 0 aromatic heterocycles. The van der Waals surface area contributed by atoms with Crippen LogP contribution in [0.1, 0.15) is 16.7 Å². The minimum absolute atomic E-state index is 0.00867. The van der Waals surface area contributed by atoms with E-state index >= 15 is 0 Å². The van der Waals surface area contributed by atoms with Crippen LogP contribution in [0.5, 0.6) is 17.2 Å². The van der Waals surface area contributed by atoms with Gasteiger partial charge in [-0.15, -0.1) is 0 Å². The molecule has 1 aliphatic heterocycles. The van der Waals surface area contributed by atoms with Gasteiger partial charge in [-0.3, -0.25) is 0 Å². The number of hydrogen-bond donors (Lipinski definition) is 2. The van der Waals surface area contributed by atoms with Crippen LogP contribution in [0, 0.1) is 0 Å². The molecule has 0 saturated heterocycles. The fourth-order valence-corrected chi connectivity index (χ4v) is 3.47. The Morgan fingerprint density at radius 3 is 2.28 bits per heavy atom. The molecule has 2 N–H and O–H groups in total. The van der Waals surface area contributed by atoms with Gasteiger partial charge in [0, 0.05) is 16.7 Å². The molecule has 25 heavy (non-hydrogen) atoms. The van der Waals surface area contributed by atoms with E-state index in [-0.39, 0.29) is 11.5 Å². The third-order valence-corrected chi connectivity index (χ3v) is 4.69. The van der Waals surface area contributed by atoms with Crippen molar-refractivity contribution in [3.8, 4) is 17.2 Å². The summed E-state index contributed by atoms with van der Waals surface area (Å²) in [6.45, 7) is 0. The fourth-order valence-electron chi connectivity index (χ4n) is 3.34. The van der Waals surface area contributed by atoms with Crippen molar-refractivity contribution in [2.75, 3.05) is 0 Å². The maximum Gasteiger partial charge on any atom is 0.331 e. The predicted octanol–water partition coefficient (Wildman–Crippen LogP) is 4.00. The number of carbonyl (C=O) groups excluding carboxylic acids is 1. The van der Waals surface area contributed by atoms with Gasteiger partial charge >= 0.3 is 5.97 Å². The van der Waals surface area contributed by atoms with E-state index in [0.717, 1.165) is 0 Å². The van der Waals surface area contributed by atoms with E-state index in [2.05, 4.69) is 0 Å². The van der Waals surface area contributed by atoms with Crippen molar-refractivity contribution in [3.63, 3.8) is 0 Å². The highest BCUT2D eigenvalue weighted by Crippen LogP contribution is 2.50. The Hall–Kier alpha value is -2.98. The summed E-state index contributed by atoms with van der Waals surface area (Å²) in [5.74, 6) is -0.149. The summed E-state index contributed by atoms with van der Waals surface area (Å²) >= 11 is 6.00. The maximum absolute atomic E-state index is 13.0. The zero-order valence-corrected chi connectivity index (χ0v) is 13.7. The number of aromatic hydroxyl groups is 2. The molecule has 0 bridgehead atoms. The summed E-state index contributed by atoms with van der Waals surface area (Å²) in [4.78, 5) is 13.0. The number of carbonyl (C=O) groups is 1. The molecule has 1 heterocycles. The molecule has 5 heteroatoms. The fraction of sp³-hybridized carbons (Fsp3) is 0.0500. The molecule has 3 aromatic rings. The van der Waals surface area contributed by atoms with Crippen LogP contribution in [0.25, 0.3) is 0 Å². The molecule has 0 amide bonds. The Balaban J connectivity index is 2.08. The lowest BCUT2D eigenvalue weighted by Crippen LogP contribution is -2.36. The van der Waals surface area contributed by atoms with E-state index in [4.69, 9.17) is 16.3 Å². The Bertz CT molecular complexity index is 981. The first-order valence-electron chi connectivity index (χ1n) is 7.63. The Labute approximate surface area is 148 Å². The molecule has 0 saturated carbocycles. The second-order valence-electron chi connectivity index (χ2n) is 5.88. The van der Waals surface area contributed by atoms with Crippen molar-refractivity contribution in [1.82, 2.24) is 0 Å². The smallest absolute Gasteiger partial charge is 0.331 e. The van der Waals surface area contributed by atoms with Crippen molar-refractivity contribution >= 4 is 17.6 Å². The van der Waals surface area contributed by atoms with Gasteiger partial charge in [-0.2, -0.15) is 0 Å². The number of benzene rings is 3. The van der Waals surface area contributed by atoms with Gasteiger partial charge in [0.15, 0.2) is 0 Å². The summed E-state index contributed by atoms with van der Waals surface area (Å²) in [7, 11) is 0. The third kappa shape index (κ3) is 2.26. The van der Waals surface area contributed by atoms with E-state index < -0.39 is 11.4 Å². The Kier molecular flexibility index (Phi) is 3.44. The molecule has 0 radical (unpaired) electrons. The lowest BCUT2D eigenvalue weighted by atomic mass is 9.70. The average molecular weight is 353 g/mol. The first kappa shape index (κ1) is 15.5. The predicted molar refractivity (Wildman–Crippen MR) is 93.2 cm³/mol.